The Morgan fingerprint density at radius 1 is 0.879 bits per heavy atom. The van der Waals surface area contributed by atoms with Crippen LogP contribution < -0.4 is 10.5 Å². The van der Waals surface area contributed by atoms with Crippen molar-refractivity contribution in [2.45, 2.75) is 0 Å². The van der Waals surface area contributed by atoms with Crippen molar-refractivity contribution in [3.63, 3.8) is 0 Å². The fourth-order valence-corrected chi connectivity index (χ4v) is 3.65. The van der Waals surface area contributed by atoms with E-state index in [9.17, 15) is 4.79 Å². The minimum Gasteiger partial charge on any atom is -0.465 e. The zero-order valence-corrected chi connectivity index (χ0v) is 17.8. The molecule has 0 aliphatic heterocycles. The first-order chi connectivity index (χ1) is 16.1. The molecule has 5 rings (SSSR count). The minimum absolute atomic E-state index is 0.368. The van der Waals surface area contributed by atoms with Crippen LogP contribution in [0.15, 0.2) is 84.9 Å². The molecule has 0 atom stereocenters. The maximum absolute atomic E-state index is 12.0. The number of fused-ring (bicyclic) bond motifs is 1. The Bertz CT molecular complexity index is 1440. The third-order valence-electron chi connectivity index (χ3n) is 5.26. The number of nitrogens with zero attached hydrogens (tertiary/aromatic N) is 2. The Kier molecular flexibility index (Phi) is 5.20. The fraction of sp³-hybridized carbons (Fsp3) is 0.0385. The molecule has 0 spiro atoms. The van der Waals surface area contributed by atoms with E-state index in [1.807, 2.05) is 66.7 Å². The van der Waals surface area contributed by atoms with E-state index in [4.69, 9.17) is 20.2 Å². The first-order valence-electron chi connectivity index (χ1n) is 10.3. The van der Waals surface area contributed by atoms with E-state index in [0.717, 1.165) is 27.8 Å². The Balaban J connectivity index is 1.57. The molecule has 2 aromatic heterocycles. The van der Waals surface area contributed by atoms with Crippen LogP contribution in [0, 0.1) is 0 Å². The summed E-state index contributed by atoms with van der Waals surface area (Å²) in [5.41, 5.74) is 10.3. The summed E-state index contributed by atoms with van der Waals surface area (Å²) in [6.07, 6.45) is 0. The topological polar surface area (TPSA) is 103 Å². The van der Waals surface area contributed by atoms with Crippen LogP contribution >= 0.6 is 0 Å². The van der Waals surface area contributed by atoms with Crippen LogP contribution in [0.3, 0.4) is 0 Å². The largest absolute Gasteiger partial charge is 0.465 e. The summed E-state index contributed by atoms with van der Waals surface area (Å²) in [4.78, 5) is 16.9. The molecule has 0 aliphatic rings. The molecule has 0 amide bonds. The Hall–Kier alpha value is -4.65. The molecule has 7 nitrogen and oxygen atoms in total. The number of benzene rings is 3. The van der Waals surface area contributed by atoms with Crippen molar-refractivity contribution in [2.75, 3.05) is 12.8 Å². The smallest absolute Gasteiger partial charge is 0.337 e. The number of aromatic amines is 1. The van der Waals surface area contributed by atoms with Gasteiger partial charge >= 0.3 is 5.97 Å². The highest BCUT2D eigenvalue weighted by Gasteiger charge is 2.16. The highest BCUT2D eigenvalue weighted by atomic mass is 16.5. The number of ether oxygens (including phenoxy) is 2. The van der Waals surface area contributed by atoms with E-state index < -0.39 is 5.97 Å². The summed E-state index contributed by atoms with van der Waals surface area (Å²) in [6, 6.07) is 26.2. The summed E-state index contributed by atoms with van der Waals surface area (Å²) in [6.45, 7) is 0. The molecule has 3 aromatic carbocycles. The SMILES string of the molecule is COC(=O)c1cccc(-c2cc3[nH]nc(N)c3c(-c3ccc(Oc4ccccc4)cc3)n2)c1. The number of nitrogens with two attached hydrogens (primary N) is 1. The van der Waals surface area contributed by atoms with Gasteiger partial charge in [-0.25, -0.2) is 9.78 Å². The van der Waals surface area contributed by atoms with Crippen molar-refractivity contribution in [3.8, 4) is 34.0 Å². The molecule has 5 aromatic rings. The molecule has 0 saturated heterocycles. The molecule has 0 radical (unpaired) electrons. The zero-order valence-electron chi connectivity index (χ0n) is 17.8. The summed E-state index contributed by atoms with van der Waals surface area (Å²) in [7, 11) is 1.36. The molecule has 3 N–H and O–H groups in total. The van der Waals surface area contributed by atoms with Crippen molar-refractivity contribution in [3.05, 3.63) is 90.5 Å². The van der Waals surface area contributed by atoms with Crippen molar-refractivity contribution >= 4 is 22.7 Å². The summed E-state index contributed by atoms with van der Waals surface area (Å²) in [5, 5.41) is 7.87. The number of pyridine rings is 1. The number of esters is 1. The zero-order chi connectivity index (χ0) is 22.8. The lowest BCUT2D eigenvalue weighted by Crippen LogP contribution is -2.01. The number of hydrogen-bond acceptors (Lipinski definition) is 6. The van der Waals surface area contributed by atoms with Gasteiger partial charge in [0.05, 0.1) is 35.0 Å². The van der Waals surface area contributed by atoms with Gasteiger partial charge in [0, 0.05) is 11.1 Å². The second-order valence-corrected chi connectivity index (χ2v) is 7.40. The predicted octanol–water partition coefficient (Wildman–Crippen LogP) is 5.45. The lowest BCUT2D eigenvalue weighted by atomic mass is 10.0. The lowest BCUT2D eigenvalue weighted by Gasteiger charge is -2.10. The summed E-state index contributed by atoms with van der Waals surface area (Å²) >= 11 is 0. The minimum atomic E-state index is -0.405. The molecule has 0 unspecified atom stereocenters. The molecule has 0 aliphatic carbocycles. The van der Waals surface area contributed by atoms with E-state index in [1.54, 1.807) is 18.2 Å². The maximum Gasteiger partial charge on any atom is 0.337 e. The van der Waals surface area contributed by atoms with Gasteiger partial charge in [-0.3, -0.25) is 5.10 Å². The molecule has 162 valence electrons. The van der Waals surface area contributed by atoms with Crippen LogP contribution in [0.25, 0.3) is 33.4 Å². The number of hydrogen-bond donors (Lipinski definition) is 2. The lowest BCUT2D eigenvalue weighted by molar-refractivity contribution is 0.0601. The van der Waals surface area contributed by atoms with E-state index >= 15 is 0 Å². The number of carbonyl (C=O) groups is 1. The predicted molar refractivity (Wildman–Crippen MR) is 127 cm³/mol. The van der Waals surface area contributed by atoms with Crippen LogP contribution in [-0.2, 0) is 4.74 Å². The van der Waals surface area contributed by atoms with Gasteiger partial charge < -0.3 is 15.2 Å². The first kappa shape index (κ1) is 20.3. The molecular weight excluding hydrogens is 416 g/mol. The normalized spacial score (nSPS) is 10.8. The fourth-order valence-electron chi connectivity index (χ4n) is 3.65. The van der Waals surface area contributed by atoms with Crippen LogP contribution in [0.2, 0.25) is 0 Å². The van der Waals surface area contributed by atoms with Crippen LogP contribution in [0.4, 0.5) is 5.82 Å². The molecular formula is C26H20N4O3. The van der Waals surface area contributed by atoms with Crippen LogP contribution in [0.5, 0.6) is 11.5 Å². The average Bonchev–Trinajstić information content (AvgIpc) is 3.25. The van der Waals surface area contributed by atoms with Crippen LogP contribution in [-0.4, -0.2) is 28.3 Å². The van der Waals surface area contributed by atoms with Gasteiger partial charge in [0.1, 0.15) is 11.5 Å². The number of methoxy groups -OCH3 is 1. The summed E-state index contributed by atoms with van der Waals surface area (Å²) in [5.74, 6) is 1.44. The van der Waals surface area contributed by atoms with E-state index in [1.165, 1.54) is 7.11 Å². The number of anilines is 1. The number of rotatable bonds is 5. The monoisotopic (exact) mass is 436 g/mol. The van der Waals surface area contributed by atoms with Gasteiger partial charge in [-0.1, -0.05) is 30.3 Å². The van der Waals surface area contributed by atoms with E-state index in [2.05, 4.69) is 10.2 Å². The second-order valence-electron chi connectivity index (χ2n) is 7.40. The second kappa shape index (κ2) is 8.47. The third-order valence-corrected chi connectivity index (χ3v) is 5.26. The van der Waals surface area contributed by atoms with Gasteiger partial charge in [0.2, 0.25) is 0 Å². The number of aromatic nitrogens is 3. The van der Waals surface area contributed by atoms with E-state index in [-0.39, 0.29) is 0 Å². The molecule has 0 bridgehead atoms. The number of nitrogen functional groups attached to an aromatic ring is 1. The number of para-hydroxylation sites is 1. The quantitative estimate of drug-likeness (QED) is 0.355. The van der Waals surface area contributed by atoms with E-state index in [0.29, 0.717) is 28.5 Å². The third kappa shape index (κ3) is 3.99. The Morgan fingerprint density at radius 2 is 1.64 bits per heavy atom. The van der Waals surface area contributed by atoms with Crippen molar-refractivity contribution in [1.82, 2.24) is 15.2 Å². The Labute approximate surface area is 189 Å². The first-order valence-corrected chi connectivity index (χ1v) is 10.3. The molecule has 33 heavy (non-hydrogen) atoms. The maximum atomic E-state index is 12.0. The standard InChI is InChI=1S/C26H20N4O3/c1-32-26(31)18-7-5-6-17(14-18)21-15-22-23(25(27)30-29-22)24(28-21)16-10-12-20(13-11-16)33-19-8-3-2-4-9-19/h2-15H,1H3,(H3,27,29,30). The van der Waals surface area contributed by atoms with Crippen molar-refractivity contribution < 1.29 is 14.3 Å². The highest BCUT2D eigenvalue weighted by Crippen LogP contribution is 2.34. The summed E-state index contributed by atoms with van der Waals surface area (Å²) < 4.78 is 10.7. The number of nitrogens with one attached hydrogen (secondary N) is 1. The molecule has 0 fully saturated rings. The van der Waals surface area contributed by atoms with Crippen molar-refractivity contribution in [1.29, 1.82) is 0 Å². The van der Waals surface area contributed by atoms with Gasteiger partial charge in [-0.05, 0) is 54.6 Å². The van der Waals surface area contributed by atoms with Gasteiger partial charge in [-0.15, -0.1) is 0 Å². The molecule has 2 heterocycles. The van der Waals surface area contributed by atoms with Crippen molar-refractivity contribution in [2.24, 2.45) is 0 Å². The van der Waals surface area contributed by atoms with Gasteiger partial charge in [-0.2, -0.15) is 5.10 Å². The Morgan fingerprint density at radius 3 is 2.39 bits per heavy atom. The number of H-pyrrole nitrogens is 1. The number of carbonyl (C=O) groups excluding carboxylic acids is 1. The van der Waals surface area contributed by atoms with Crippen LogP contribution in [0.1, 0.15) is 10.4 Å². The van der Waals surface area contributed by atoms with Gasteiger partial charge in [0.25, 0.3) is 0 Å². The average molecular weight is 436 g/mol. The molecule has 0 saturated carbocycles. The highest BCUT2D eigenvalue weighted by molar-refractivity contribution is 6.01. The van der Waals surface area contributed by atoms with Gasteiger partial charge in [0.15, 0.2) is 5.82 Å². The molecule has 7 heteroatoms.